The molecule has 0 aromatic carbocycles. The van der Waals surface area contributed by atoms with Gasteiger partial charge in [-0.15, -0.1) is 0 Å². The lowest BCUT2D eigenvalue weighted by atomic mass is 10.0. The molecule has 0 radical (unpaired) electrons. The molecule has 1 aliphatic rings. The molecule has 1 heterocycles. The van der Waals surface area contributed by atoms with Gasteiger partial charge >= 0.3 is 0 Å². The van der Waals surface area contributed by atoms with Crippen LogP contribution in [0, 0.1) is 11.8 Å². The van der Waals surface area contributed by atoms with Gasteiger partial charge in [-0.3, -0.25) is 9.79 Å². The molecule has 0 aliphatic carbocycles. The third-order valence-corrected chi connectivity index (χ3v) is 4.34. The van der Waals surface area contributed by atoms with Crippen molar-refractivity contribution in [1.82, 2.24) is 15.5 Å². The highest BCUT2D eigenvalue weighted by Crippen LogP contribution is 2.13. The number of hydrogen-bond donors (Lipinski definition) is 2. The average molecular weight is 310 g/mol. The summed E-state index contributed by atoms with van der Waals surface area (Å²) in [6.07, 6.45) is 3.33. The first kappa shape index (κ1) is 18.8. The molecule has 0 saturated carbocycles. The highest BCUT2D eigenvalue weighted by atomic mass is 16.2. The van der Waals surface area contributed by atoms with E-state index in [9.17, 15) is 4.79 Å². The maximum Gasteiger partial charge on any atom is 0.225 e. The third kappa shape index (κ3) is 5.85. The van der Waals surface area contributed by atoms with E-state index in [0.717, 1.165) is 38.6 Å². The minimum atomic E-state index is 0.0792. The van der Waals surface area contributed by atoms with E-state index in [-0.39, 0.29) is 11.8 Å². The molecule has 2 N–H and O–H groups in total. The van der Waals surface area contributed by atoms with Crippen LogP contribution in [0.5, 0.6) is 0 Å². The first-order valence-corrected chi connectivity index (χ1v) is 8.85. The molecule has 1 saturated heterocycles. The number of carbonyl (C=O) groups is 1. The Morgan fingerprint density at radius 3 is 2.50 bits per heavy atom. The van der Waals surface area contributed by atoms with Crippen molar-refractivity contribution in [3.8, 4) is 0 Å². The van der Waals surface area contributed by atoms with Gasteiger partial charge in [0.25, 0.3) is 0 Å². The number of nitrogens with zero attached hydrogens (tertiary/aromatic N) is 2. The quantitative estimate of drug-likeness (QED) is 0.560. The summed E-state index contributed by atoms with van der Waals surface area (Å²) in [4.78, 5) is 18.7. The third-order valence-electron chi connectivity index (χ3n) is 4.34. The van der Waals surface area contributed by atoms with E-state index in [1.807, 2.05) is 18.7 Å². The van der Waals surface area contributed by atoms with E-state index in [4.69, 9.17) is 4.99 Å². The van der Waals surface area contributed by atoms with Gasteiger partial charge in [0.1, 0.15) is 0 Å². The highest BCUT2D eigenvalue weighted by molar-refractivity contribution is 5.81. The Bertz CT molecular complexity index is 364. The van der Waals surface area contributed by atoms with Crippen molar-refractivity contribution in [2.75, 3.05) is 26.2 Å². The van der Waals surface area contributed by atoms with Crippen molar-refractivity contribution in [1.29, 1.82) is 0 Å². The first-order chi connectivity index (χ1) is 10.5. The summed E-state index contributed by atoms with van der Waals surface area (Å²) in [7, 11) is 0. The normalized spacial score (nSPS) is 19.1. The molecule has 1 amide bonds. The lowest BCUT2D eigenvalue weighted by Crippen LogP contribution is -2.45. The van der Waals surface area contributed by atoms with Crippen LogP contribution in [0.4, 0.5) is 0 Å². The molecular weight excluding hydrogens is 276 g/mol. The number of nitrogens with one attached hydrogen (secondary N) is 2. The summed E-state index contributed by atoms with van der Waals surface area (Å²) < 4.78 is 0. The molecule has 0 bridgehead atoms. The fraction of sp³-hybridized carbons (Fsp3) is 0.882. The Kier molecular flexibility index (Phi) is 8.28. The molecule has 22 heavy (non-hydrogen) atoms. The molecule has 5 heteroatoms. The van der Waals surface area contributed by atoms with Crippen molar-refractivity contribution in [3.63, 3.8) is 0 Å². The maximum absolute atomic E-state index is 12.0. The molecule has 1 aliphatic heterocycles. The van der Waals surface area contributed by atoms with Gasteiger partial charge in [0.2, 0.25) is 5.91 Å². The molecule has 0 spiro atoms. The van der Waals surface area contributed by atoms with E-state index >= 15 is 0 Å². The van der Waals surface area contributed by atoms with Crippen LogP contribution in [0.15, 0.2) is 4.99 Å². The maximum atomic E-state index is 12.0. The van der Waals surface area contributed by atoms with Crippen molar-refractivity contribution < 1.29 is 4.79 Å². The van der Waals surface area contributed by atoms with Crippen LogP contribution >= 0.6 is 0 Å². The molecule has 5 nitrogen and oxygen atoms in total. The van der Waals surface area contributed by atoms with Crippen molar-refractivity contribution in [2.24, 2.45) is 16.8 Å². The first-order valence-electron chi connectivity index (χ1n) is 8.85. The van der Waals surface area contributed by atoms with Gasteiger partial charge < -0.3 is 15.5 Å². The minimum absolute atomic E-state index is 0.0792. The Morgan fingerprint density at radius 1 is 1.27 bits per heavy atom. The lowest BCUT2D eigenvalue weighted by Gasteiger charge is -2.20. The largest absolute Gasteiger partial charge is 0.357 e. The van der Waals surface area contributed by atoms with E-state index < -0.39 is 0 Å². The van der Waals surface area contributed by atoms with Crippen LogP contribution in [0.25, 0.3) is 0 Å². The molecule has 1 fully saturated rings. The summed E-state index contributed by atoms with van der Waals surface area (Å²) in [5.41, 5.74) is 0. The second kappa shape index (κ2) is 9.70. The lowest BCUT2D eigenvalue weighted by molar-refractivity contribution is -0.133. The highest BCUT2D eigenvalue weighted by Gasteiger charge is 2.27. The molecule has 128 valence electrons. The predicted octanol–water partition coefficient (Wildman–Crippen LogP) is 2.23. The number of aliphatic imine (C=N–C) groups is 1. The molecule has 1 atom stereocenters. The van der Waals surface area contributed by atoms with Gasteiger partial charge in [0.05, 0.1) is 0 Å². The van der Waals surface area contributed by atoms with Crippen LogP contribution in [0.1, 0.15) is 53.9 Å². The molecule has 0 aromatic heterocycles. The van der Waals surface area contributed by atoms with Crippen molar-refractivity contribution >= 4 is 11.9 Å². The monoisotopic (exact) mass is 310 g/mol. The molecule has 1 rings (SSSR count). The topological polar surface area (TPSA) is 56.7 Å². The van der Waals surface area contributed by atoms with Gasteiger partial charge in [-0.1, -0.05) is 40.5 Å². The SMILES string of the molecule is CCNC(=NCC(CC)CC)NC1CCN(C(=O)C(C)C)C1. The Balaban J connectivity index is 2.53. The second-order valence-corrected chi connectivity index (χ2v) is 6.47. The van der Waals surface area contributed by atoms with Crippen LogP contribution < -0.4 is 10.6 Å². The van der Waals surface area contributed by atoms with E-state index in [1.165, 1.54) is 12.8 Å². The Morgan fingerprint density at radius 2 is 1.95 bits per heavy atom. The number of amides is 1. The zero-order valence-corrected chi connectivity index (χ0v) is 15.0. The van der Waals surface area contributed by atoms with Crippen molar-refractivity contribution in [3.05, 3.63) is 0 Å². The molecule has 1 unspecified atom stereocenters. The second-order valence-electron chi connectivity index (χ2n) is 6.47. The summed E-state index contributed by atoms with van der Waals surface area (Å²) in [5, 5.41) is 6.80. The number of hydrogen-bond acceptors (Lipinski definition) is 2. The summed E-state index contributed by atoms with van der Waals surface area (Å²) in [5.74, 6) is 1.87. The van der Waals surface area contributed by atoms with E-state index in [1.54, 1.807) is 0 Å². The van der Waals surface area contributed by atoms with Gasteiger partial charge in [-0.2, -0.15) is 0 Å². The standard InChI is InChI=1S/C17H34N4O/c1-6-14(7-2)11-19-17(18-8-3)20-15-9-10-21(12-15)16(22)13(4)5/h13-15H,6-12H2,1-5H3,(H2,18,19,20). The zero-order chi connectivity index (χ0) is 16.5. The van der Waals surface area contributed by atoms with Gasteiger partial charge in [-0.05, 0) is 19.3 Å². The summed E-state index contributed by atoms with van der Waals surface area (Å²) >= 11 is 0. The Hall–Kier alpha value is -1.26. The summed E-state index contributed by atoms with van der Waals surface area (Å²) in [6.45, 7) is 13.8. The molecular formula is C17H34N4O. The fourth-order valence-corrected chi connectivity index (χ4v) is 2.72. The van der Waals surface area contributed by atoms with Gasteiger partial charge in [-0.25, -0.2) is 0 Å². The summed E-state index contributed by atoms with van der Waals surface area (Å²) in [6, 6.07) is 0.308. The van der Waals surface area contributed by atoms with Crippen LogP contribution in [0.3, 0.4) is 0 Å². The smallest absolute Gasteiger partial charge is 0.225 e. The van der Waals surface area contributed by atoms with Crippen LogP contribution in [0.2, 0.25) is 0 Å². The number of carbonyl (C=O) groups excluding carboxylic acids is 1. The number of likely N-dealkylation sites (tertiary alicyclic amines) is 1. The van der Waals surface area contributed by atoms with E-state index in [2.05, 4.69) is 31.4 Å². The van der Waals surface area contributed by atoms with Gasteiger partial charge in [0.15, 0.2) is 5.96 Å². The number of guanidine groups is 1. The number of rotatable bonds is 7. The van der Waals surface area contributed by atoms with Gasteiger partial charge in [0, 0.05) is 38.1 Å². The zero-order valence-electron chi connectivity index (χ0n) is 15.0. The van der Waals surface area contributed by atoms with E-state index in [0.29, 0.717) is 12.0 Å². The van der Waals surface area contributed by atoms with Crippen LogP contribution in [-0.4, -0.2) is 49.0 Å². The van der Waals surface area contributed by atoms with Crippen molar-refractivity contribution in [2.45, 2.75) is 59.9 Å². The average Bonchev–Trinajstić information content (AvgIpc) is 2.95. The molecule has 0 aromatic rings. The predicted molar refractivity (Wildman–Crippen MR) is 93.0 cm³/mol. The fourth-order valence-electron chi connectivity index (χ4n) is 2.72. The van der Waals surface area contributed by atoms with Crippen LogP contribution in [-0.2, 0) is 4.79 Å². The minimum Gasteiger partial charge on any atom is -0.357 e. The Labute approximate surface area is 135 Å².